The highest BCUT2D eigenvalue weighted by molar-refractivity contribution is 6.05. The number of nitrogens with zero attached hydrogens (tertiary/aromatic N) is 4. The van der Waals surface area contributed by atoms with E-state index >= 15 is 0 Å². The molecule has 3 aromatic heterocycles. The Morgan fingerprint density at radius 2 is 1.07 bits per heavy atom. The van der Waals surface area contributed by atoms with Crippen LogP contribution >= 0.6 is 0 Å². The minimum Gasteiger partial charge on any atom is -0.251 e. The molecule has 0 aliphatic carbocycles. The first-order valence-electron chi connectivity index (χ1n) is 13.8. The van der Waals surface area contributed by atoms with Gasteiger partial charge in [-0.05, 0) is 50.1 Å². The van der Waals surface area contributed by atoms with Gasteiger partial charge in [0.2, 0.25) is 0 Å². The summed E-state index contributed by atoms with van der Waals surface area (Å²) in [6, 6.07) is 39.5. The largest absolute Gasteiger partial charge is 0.251 e. The van der Waals surface area contributed by atoms with E-state index < -0.39 is 0 Å². The summed E-state index contributed by atoms with van der Waals surface area (Å²) in [4.78, 5) is 20.1. The van der Waals surface area contributed by atoms with E-state index in [1.54, 1.807) is 0 Å². The molecule has 0 radical (unpaired) electrons. The smallest absolute Gasteiger partial charge is 0.160 e. The van der Waals surface area contributed by atoms with Crippen LogP contribution in [0.3, 0.4) is 0 Å². The van der Waals surface area contributed by atoms with Crippen LogP contribution < -0.4 is 0 Å². The maximum atomic E-state index is 5.24. The molecule has 0 N–H and O–H groups in total. The summed E-state index contributed by atoms with van der Waals surface area (Å²) in [5.74, 6) is 0.705. The molecule has 0 saturated carbocycles. The Balaban J connectivity index is 1.42. The van der Waals surface area contributed by atoms with E-state index in [2.05, 4.69) is 92.7 Å². The minimum atomic E-state index is 0.705. The molecule has 0 fully saturated rings. The highest BCUT2D eigenvalue weighted by atomic mass is 14.9. The fraction of sp³-hybridized carbons (Fsp3) is 0.0811. The van der Waals surface area contributed by atoms with Gasteiger partial charge in [0.1, 0.15) is 0 Å². The number of pyridine rings is 2. The number of hydrogen-bond acceptors (Lipinski definition) is 4. The molecule has 0 unspecified atom stereocenters. The Hall–Kier alpha value is -5.22. The average Bonchev–Trinajstić information content (AvgIpc) is 3.03. The van der Waals surface area contributed by atoms with Gasteiger partial charge in [0.05, 0.1) is 28.1 Å². The van der Waals surface area contributed by atoms with Crippen LogP contribution in [-0.4, -0.2) is 19.9 Å². The summed E-state index contributed by atoms with van der Waals surface area (Å²) in [5, 5.41) is 2.24. The molecule has 3 heterocycles. The van der Waals surface area contributed by atoms with Crippen LogP contribution in [0.1, 0.15) is 16.8 Å². The first-order valence-corrected chi connectivity index (χ1v) is 13.8. The Labute approximate surface area is 239 Å². The van der Waals surface area contributed by atoms with Crippen molar-refractivity contribution in [2.75, 3.05) is 0 Å². The van der Waals surface area contributed by atoms with Crippen LogP contribution in [0.5, 0.6) is 0 Å². The third-order valence-electron chi connectivity index (χ3n) is 7.78. The van der Waals surface area contributed by atoms with Gasteiger partial charge in [0.15, 0.2) is 5.82 Å². The second-order valence-corrected chi connectivity index (χ2v) is 10.5. The maximum Gasteiger partial charge on any atom is 0.160 e. The van der Waals surface area contributed by atoms with E-state index in [9.17, 15) is 0 Å². The molecule has 0 atom stereocenters. The van der Waals surface area contributed by atoms with Crippen LogP contribution in [0.4, 0.5) is 0 Å². The number of benzene rings is 4. The van der Waals surface area contributed by atoms with Crippen molar-refractivity contribution in [3.63, 3.8) is 0 Å². The molecule has 0 spiro atoms. The van der Waals surface area contributed by atoms with E-state index in [0.717, 1.165) is 66.8 Å². The van der Waals surface area contributed by atoms with Gasteiger partial charge in [-0.3, -0.25) is 4.98 Å². The van der Waals surface area contributed by atoms with Crippen molar-refractivity contribution in [3.8, 4) is 45.2 Å². The van der Waals surface area contributed by atoms with E-state index in [0.29, 0.717) is 5.82 Å². The van der Waals surface area contributed by atoms with Crippen LogP contribution in [0.25, 0.3) is 67.0 Å². The summed E-state index contributed by atoms with van der Waals surface area (Å²) < 4.78 is 0. The third kappa shape index (κ3) is 4.53. The molecule has 0 aliphatic rings. The van der Waals surface area contributed by atoms with Crippen molar-refractivity contribution in [3.05, 3.63) is 132 Å². The number of aryl methyl sites for hydroxylation is 2. The number of fused-ring (bicyclic) bond motifs is 3. The van der Waals surface area contributed by atoms with Gasteiger partial charge >= 0.3 is 0 Å². The van der Waals surface area contributed by atoms with Crippen molar-refractivity contribution < 1.29 is 0 Å². The van der Waals surface area contributed by atoms with Crippen molar-refractivity contribution >= 4 is 21.8 Å². The lowest BCUT2D eigenvalue weighted by molar-refractivity contribution is 1.18. The van der Waals surface area contributed by atoms with E-state index in [4.69, 9.17) is 19.9 Å². The summed E-state index contributed by atoms with van der Waals surface area (Å²) in [7, 11) is 0. The van der Waals surface area contributed by atoms with Gasteiger partial charge < -0.3 is 0 Å². The number of rotatable bonds is 4. The molecule has 196 valence electrons. The first-order chi connectivity index (χ1) is 20.0. The Morgan fingerprint density at radius 3 is 1.83 bits per heavy atom. The zero-order valence-electron chi connectivity index (χ0n) is 23.3. The highest BCUT2D eigenvalue weighted by Gasteiger charge is 2.16. The molecule has 0 bridgehead atoms. The zero-order chi connectivity index (χ0) is 27.9. The fourth-order valence-electron chi connectivity index (χ4n) is 5.44. The normalized spacial score (nSPS) is 11.3. The quantitative estimate of drug-likeness (QED) is 0.214. The Kier molecular flexibility index (Phi) is 6.09. The van der Waals surface area contributed by atoms with Gasteiger partial charge in [0.25, 0.3) is 0 Å². The topological polar surface area (TPSA) is 51.6 Å². The molecule has 0 saturated heterocycles. The lowest BCUT2D eigenvalue weighted by Crippen LogP contribution is -1.98. The summed E-state index contributed by atoms with van der Waals surface area (Å²) in [5.41, 5.74) is 12.1. The van der Waals surface area contributed by atoms with Crippen LogP contribution in [0, 0.1) is 20.8 Å². The van der Waals surface area contributed by atoms with Gasteiger partial charge in [-0.15, -0.1) is 0 Å². The van der Waals surface area contributed by atoms with Crippen LogP contribution in [0.15, 0.2) is 115 Å². The molecular formula is C37H28N4. The number of hydrogen-bond donors (Lipinski definition) is 0. The Morgan fingerprint density at radius 1 is 0.439 bits per heavy atom. The molecule has 41 heavy (non-hydrogen) atoms. The maximum absolute atomic E-state index is 5.24. The summed E-state index contributed by atoms with van der Waals surface area (Å²) in [6.45, 7) is 6.36. The predicted molar refractivity (Wildman–Crippen MR) is 169 cm³/mol. The van der Waals surface area contributed by atoms with Crippen molar-refractivity contribution in [1.82, 2.24) is 19.9 Å². The fourth-order valence-corrected chi connectivity index (χ4v) is 5.44. The van der Waals surface area contributed by atoms with Crippen molar-refractivity contribution in [1.29, 1.82) is 0 Å². The molecule has 0 aliphatic heterocycles. The second-order valence-electron chi connectivity index (χ2n) is 10.5. The SMILES string of the molecule is Cc1ccc2ccc3c(C)c(C)c(-c4cccc(-c5cc(-c6ccccc6)nc(-c6ccccc6)n5)c4)nc3c2n1. The lowest BCUT2D eigenvalue weighted by atomic mass is 9.96. The second kappa shape index (κ2) is 10.1. The molecule has 4 aromatic carbocycles. The lowest BCUT2D eigenvalue weighted by Gasteiger charge is -2.14. The van der Waals surface area contributed by atoms with Crippen molar-refractivity contribution in [2.45, 2.75) is 20.8 Å². The zero-order valence-corrected chi connectivity index (χ0v) is 23.3. The minimum absolute atomic E-state index is 0.705. The Bertz CT molecular complexity index is 2010. The average molecular weight is 529 g/mol. The molecular weight excluding hydrogens is 500 g/mol. The first kappa shape index (κ1) is 24.8. The van der Waals surface area contributed by atoms with Gasteiger partial charge in [-0.2, -0.15) is 0 Å². The third-order valence-corrected chi connectivity index (χ3v) is 7.78. The van der Waals surface area contributed by atoms with Gasteiger partial charge in [-0.1, -0.05) is 97.1 Å². The monoisotopic (exact) mass is 528 g/mol. The van der Waals surface area contributed by atoms with E-state index in [1.165, 1.54) is 11.1 Å². The van der Waals surface area contributed by atoms with Crippen LogP contribution in [0.2, 0.25) is 0 Å². The molecule has 4 nitrogen and oxygen atoms in total. The number of aromatic nitrogens is 4. The molecule has 7 rings (SSSR count). The van der Waals surface area contributed by atoms with E-state index in [-0.39, 0.29) is 0 Å². The standard InChI is InChI=1S/C37H28N4/c1-23-17-18-27-19-20-31-24(2)25(3)34(41-36(31)35(27)38-23)30-16-10-15-29(21-30)33-22-32(26-11-6-4-7-12-26)39-37(40-33)28-13-8-5-9-14-28/h4-22H,1-3H3. The highest BCUT2D eigenvalue weighted by Crippen LogP contribution is 2.35. The molecule has 7 aromatic rings. The molecule has 0 amide bonds. The van der Waals surface area contributed by atoms with Crippen molar-refractivity contribution in [2.24, 2.45) is 0 Å². The van der Waals surface area contributed by atoms with E-state index in [1.807, 2.05) is 43.3 Å². The van der Waals surface area contributed by atoms with Crippen LogP contribution in [-0.2, 0) is 0 Å². The van der Waals surface area contributed by atoms with Gasteiger partial charge in [-0.25, -0.2) is 15.0 Å². The summed E-state index contributed by atoms with van der Waals surface area (Å²) in [6.07, 6.45) is 0. The predicted octanol–water partition coefficient (Wildman–Crippen LogP) is 9.17. The van der Waals surface area contributed by atoms with Gasteiger partial charge in [0, 0.05) is 38.7 Å². The molecule has 4 heteroatoms. The summed E-state index contributed by atoms with van der Waals surface area (Å²) >= 11 is 0.